The molecule has 0 unspecified atom stereocenters. The molecule has 0 amide bonds. The number of benzene rings is 1. The van der Waals surface area contributed by atoms with Crippen LogP contribution in [0.15, 0.2) is 90.8 Å². The molecular formula is C25H24O. The zero-order valence-corrected chi connectivity index (χ0v) is 15.5. The first-order valence-electron chi connectivity index (χ1n) is 8.91. The fourth-order valence-corrected chi connectivity index (χ4v) is 3.26. The lowest BCUT2D eigenvalue weighted by Gasteiger charge is -2.28. The van der Waals surface area contributed by atoms with Gasteiger partial charge in [-0.25, -0.2) is 0 Å². The average molecular weight is 340 g/mol. The van der Waals surface area contributed by atoms with Crippen LogP contribution in [0, 0.1) is 0 Å². The van der Waals surface area contributed by atoms with Crippen molar-refractivity contribution in [3.05, 3.63) is 107 Å². The van der Waals surface area contributed by atoms with Crippen LogP contribution in [0.4, 0.5) is 0 Å². The molecule has 1 aromatic carbocycles. The predicted molar refractivity (Wildman–Crippen MR) is 114 cm³/mol. The molecule has 2 aliphatic rings. The Hall–Kier alpha value is -3.06. The van der Waals surface area contributed by atoms with E-state index >= 15 is 0 Å². The first kappa shape index (κ1) is 17.8. The SMILES string of the molecule is C=Cc1ccc2c(c1/C=C\C)OC1=CCC=CC1=C2C(=C)/C=C\C=C/C. The predicted octanol–water partition coefficient (Wildman–Crippen LogP) is 7.04. The van der Waals surface area contributed by atoms with Gasteiger partial charge < -0.3 is 4.74 Å². The molecule has 1 aromatic rings. The molecule has 0 radical (unpaired) electrons. The van der Waals surface area contributed by atoms with Gasteiger partial charge in [-0.1, -0.05) is 73.9 Å². The van der Waals surface area contributed by atoms with Gasteiger partial charge in [0.15, 0.2) is 0 Å². The van der Waals surface area contributed by atoms with E-state index in [1.807, 2.05) is 50.3 Å². The molecule has 0 fully saturated rings. The van der Waals surface area contributed by atoms with Gasteiger partial charge in [0.2, 0.25) is 0 Å². The summed E-state index contributed by atoms with van der Waals surface area (Å²) in [7, 11) is 0. The van der Waals surface area contributed by atoms with Crippen LogP contribution >= 0.6 is 0 Å². The molecule has 1 heteroatoms. The lowest BCUT2D eigenvalue weighted by Crippen LogP contribution is -2.12. The second kappa shape index (κ2) is 7.88. The summed E-state index contributed by atoms with van der Waals surface area (Å²) >= 11 is 0. The van der Waals surface area contributed by atoms with Crippen LogP contribution in [0.25, 0.3) is 17.7 Å². The van der Waals surface area contributed by atoms with Gasteiger partial charge in [-0.2, -0.15) is 0 Å². The molecule has 0 N–H and O–H groups in total. The van der Waals surface area contributed by atoms with Gasteiger partial charge in [-0.05, 0) is 43.5 Å². The molecule has 0 atom stereocenters. The molecule has 1 aliphatic heterocycles. The number of ether oxygens (including phenoxy) is 1. The van der Waals surface area contributed by atoms with Crippen molar-refractivity contribution in [2.45, 2.75) is 20.3 Å². The molecule has 1 nitrogen and oxygen atoms in total. The van der Waals surface area contributed by atoms with Crippen LogP contribution in [0.2, 0.25) is 0 Å². The van der Waals surface area contributed by atoms with E-state index in [0.717, 1.165) is 51.3 Å². The molecular weight excluding hydrogens is 316 g/mol. The van der Waals surface area contributed by atoms with Crippen molar-refractivity contribution in [1.82, 2.24) is 0 Å². The van der Waals surface area contributed by atoms with E-state index in [9.17, 15) is 0 Å². The maximum atomic E-state index is 6.34. The molecule has 3 rings (SSSR count). The normalized spacial score (nSPS) is 16.0. The molecule has 26 heavy (non-hydrogen) atoms. The van der Waals surface area contributed by atoms with Crippen LogP contribution < -0.4 is 4.74 Å². The molecule has 130 valence electrons. The van der Waals surface area contributed by atoms with Crippen molar-refractivity contribution in [3.63, 3.8) is 0 Å². The minimum Gasteiger partial charge on any atom is -0.456 e. The van der Waals surface area contributed by atoms with E-state index in [1.54, 1.807) is 0 Å². The minimum atomic E-state index is 0.876. The van der Waals surface area contributed by atoms with Gasteiger partial charge in [0.05, 0.1) is 0 Å². The van der Waals surface area contributed by atoms with Crippen molar-refractivity contribution >= 4 is 17.7 Å². The molecule has 0 saturated carbocycles. The maximum Gasteiger partial charge on any atom is 0.143 e. The van der Waals surface area contributed by atoms with E-state index in [1.165, 1.54) is 0 Å². The standard InChI is InChI=1S/C25H24O/c1-5-8-9-13-18(4)24-21-14-10-11-15-23(21)26-25-20(12-6-2)19(7-3)16-17-22(24)25/h5-10,12-17H,3-4,11H2,1-2H3/b8-5-,12-6-,13-9-. The quantitative estimate of drug-likeness (QED) is 0.522. The fourth-order valence-electron chi connectivity index (χ4n) is 3.26. The summed E-state index contributed by atoms with van der Waals surface area (Å²) in [5.41, 5.74) is 6.37. The third kappa shape index (κ3) is 3.21. The molecule has 0 aromatic heterocycles. The Bertz CT molecular complexity index is 927. The highest BCUT2D eigenvalue weighted by Crippen LogP contribution is 2.46. The van der Waals surface area contributed by atoms with Gasteiger partial charge in [0, 0.05) is 22.3 Å². The van der Waals surface area contributed by atoms with Gasteiger partial charge in [-0.15, -0.1) is 0 Å². The lowest BCUT2D eigenvalue weighted by atomic mass is 9.85. The van der Waals surface area contributed by atoms with E-state index < -0.39 is 0 Å². The smallest absolute Gasteiger partial charge is 0.143 e. The second-order valence-corrected chi connectivity index (χ2v) is 6.16. The van der Waals surface area contributed by atoms with Crippen LogP contribution in [-0.4, -0.2) is 0 Å². The maximum absolute atomic E-state index is 6.34. The number of rotatable bonds is 5. The first-order chi connectivity index (χ1) is 12.7. The number of hydrogen-bond donors (Lipinski definition) is 0. The summed E-state index contributed by atoms with van der Waals surface area (Å²) in [6, 6.07) is 4.20. The van der Waals surface area contributed by atoms with Crippen molar-refractivity contribution in [2.75, 3.05) is 0 Å². The Kier molecular flexibility index (Phi) is 5.38. The van der Waals surface area contributed by atoms with Crippen LogP contribution in [0.1, 0.15) is 37.0 Å². The summed E-state index contributed by atoms with van der Waals surface area (Å²) in [5, 5.41) is 0. The van der Waals surface area contributed by atoms with E-state index in [-0.39, 0.29) is 0 Å². The number of fused-ring (bicyclic) bond motifs is 2. The monoisotopic (exact) mass is 340 g/mol. The van der Waals surface area contributed by atoms with Gasteiger partial charge >= 0.3 is 0 Å². The average Bonchev–Trinajstić information content (AvgIpc) is 2.66. The Labute approximate surface area is 156 Å². The highest BCUT2D eigenvalue weighted by atomic mass is 16.5. The lowest BCUT2D eigenvalue weighted by molar-refractivity contribution is 0.428. The largest absolute Gasteiger partial charge is 0.456 e. The zero-order valence-electron chi connectivity index (χ0n) is 15.5. The highest BCUT2D eigenvalue weighted by molar-refractivity contribution is 5.93. The Morgan fingerprint density at radius 2 is 2.00 bits per heavy atom. The summed E-state index contributed by atoms with van der Waals surface area (Å²) in [4.78, 5) is 0. The fraction of sp³-hybridized carbons (Fsp3) is 0.120. The van der Waals surface area contributed by atoms with E-state index in [0.29, 0.717) is 0 Å². The molecule has 1 aliphatic carbocycles. The highest BCUT2D eigenvalue weighted by Gasteiger charge is 2.27. The van der Waals surface area contributed by atoms with Crippen LogP contribution in [0.5, 0.6) is 5.75 Å². The van der Waals surface area contributed by atoms with Gasteiger partial charge in [-0.3, -0.25) is 0 Å². The molecule has 0 bridgehead atoms. The van der Waals surface area contributed by atoms with Gasteiger partial charge in [0.25, 0.3) is 0 Å². The van der Waals surface area contributed by atoms with Crippen molar-refractivity contribution in [2.24, 2.45) is 0 Å². The number of hydrogen-bond acceptors (Lipinski definition) is 1. The minimum absolute atomic E-state index is 0.876. The summed E-state index contributed by atoms with van der Waals surface area (Å²) in [5.74, 6) is 1.78. The third-order valence-electron chi connectivity index (χ3n) is 4.45. The Morgan fingerprint density at radius 1 is 1.15 bits per heavy atom. The molecule has 1 heterocycles. The Balaban J connectivity index is 2.26. The van der Waals surface area contributed by atoms with E-state index in [2.05, 4.69) is 49.6 Å². The van der Waals surface area contributed by atoms with E-state index in [4.69, 9.17) is 4.74 Å². The second-order valence-electron chi connectivity index (χ2n) is 6.16. The zero-order chi connectivity index (χ0) is 18.5. The first-order valence-corrected chi connectivity index (χ1v) is 8.91. The van der Waals surface area contributed by atoms with Gasteiger partial charge in [0.1, 0.15) is 11.5 Å². The summed E-state index contributed by atoms with van der Waals surface area (Å²) in [6.07, 6.45) is 21.4. The van der Waals surface area contributed by atoms with Crippen LogP contribution in [-0.2, 0) is 0 Å². The van der Waals surface area contributed by atoms with Crippen molar-refractivity contribution in [3.8, 4) is 5.75 Å². The number of allylic oxidation sites excluding steroid dienone is 10. The summed E-state index contributed by atoms with van der Waals surface area (Å²) in [6.45, 7) is 12.3. The third-order valence-corrected chi connectivity index (χ3v) is 4.45. The molecule has 0 saturated heterocycles. The molecule has 0 spiro atoms. The van der Waals surface area contributed by atoms with Crippen molar-refractivity contribution in [1.29, 1.82) is 0 Å². The summed E-state index contributed by atoms with van der Waals surface area (Å²) < 4.78 is 6.34. The Morgan fingerprint density at radius 3 is 2.73 bits per heavy atom. The van der Waals surface area contributed by atoms with Crippen molar-refractivity contribution < 1.29 is 4.74 Å². The topological polar surface area (TPSA) is 9.23 Å². The van der Waals surface area contributed by atoms with Crippen LogP contribution in [0.3, 0.4) is 0 Å².